The van der Waals surface area contributed by atoms with Gasteiger partial charge in [0.15, 0.2) is 0 Å². The number of hydrogen-bond acceptors (Lipinski definition) is 8. The molecule has 12 heteroatoms. The predicted molar refractivity (Wildman–Crippen MR) is 171 cm³/mol. The number of rotatable bonds is 11. The fraction of sp³-hybridized carbons (Fsp3) is 0.500. The zero-order valence-corrected chi connectivity index (χ0v) is 27.5. The zero-order valence-electron chi connectivity index (χ0n) is 27.5. The molecule has 1 fully saturated rings. The number of amides is 4. The number of benzene rings is 2. The molecule has 2 aromatic carbocycles. The third kappa shape index (κ3) is 12.1. The van der Waals surface area contributed by atoms with Crippen LogP contribution in [-0.4, -0.2) is 83.6 Å². The van der Waals surface area contributed by atoms with E-state index in [1.807, 2.05) is 44.2 Å². The lowest BCUT2D eigenvalue weighted by Crippen LogP contribution is -2.53. The lowest BCUT2D eigenvalue weighted by atomic mass is 10.0. The average molecular weight is 639 g/mol. The van der Waals surface area contributed by atoms with E-state index in [0.717, 1.165) is 5.56 Å². The molecule has 1 heterocycles. The Labute approximate surface area is 270 Å². The standard InChI is InChI=1S/C34H46N4O8/c1-23(2)20-28(36-32(42)44-22-26-10-8-7-9-11-26)30(40)35-29(31(41)46-34(4,5)6)21-25-12-14-27(15-13-25)45-33(43)38-18-16-37(17-19-38)24(3)39/h7-15,23,28-29H,16-22H2,1-6H3,(H,35,40)(H,36,42)/t28-,29-/m0/s1. The van der Waals surface area contributed by atoms with Crippen LogP contribution < -0.4 is 15.4 Å². The van der Waals surface area contributed by atoms with E-state index in [-0.39, 0.29) is 24.9 Å². The lowest BCUT2D eigenvalue weighted by molar-refractivity contribution is -0.158. The highest BCUT2D eigenvalue weighted by atomic mass is 16.6. The topological polar surface area (TPSA) is 144 Å². The first-order valence-electron chi connectivity index (χ1n) is 15.5. The summed E-state index contributed by atoms with van der Waals surface area (Å²) in [7, 11) is 0. The van der Waals surface area contributed by atoms with Crippen molar-refractivity contribution in [3.05, 3.63) is 65.7 Å². The third-order valence-electron chi connectivity index (χ3n) is 7.09. The van der Waals surface area contributed by atoms with Crippen LogP contribution >= 0.6 is 0 Å². The molecule has 1 aliphatic rings. The fourth-order valence-electron chi connectivity index (χ4n) is 4.75. The van der Waals surface area contributed by atoms with Crippen LogP contribution in [0.25, 0.3) is 0 Å². The molecule has 1 saturated heterocycles. The number of piperazine rings is 1. The van der Waals surface area contributed by atoms with Gasteiger partial charge >= 0.3 is 18.2 Å². The molecule has 0 spiro atoms. The van der Waals surface area contributed by atoms with Crippen molar-refractivity contribution in [2.45, 2.75) is 78.7 Å². The summed E-state index contributed by atoms with van der Waals surface area (Å²) < 4.78 is 16.4. The van der Waals surface area contributed by atoms with Crippen molar-refractivity contribution >= 4 is 30.0 Å². The Hall–Kier alpha value is -4.61. The van der Waals surface area contributed by atoms with Gasteiger partial charge in [0.1, 0.15) is 30.0 Å². The number of alkyl carbamates (subject to hydrolysis) is 1. The molecule has 0 saturated carbocycles. The van der Waals surface area contributed by atoms with Crippen LogP contribution in [0.1, 0.15) is 59.1 Å². The van der Waals surface area contributed by atoms with Gasteiger partial charge in [-0.2, -0.15) is 0 Å². The molecule has 2 aromatic rings. The Morgan fingerprint density at radius 1 is 0.804 bits per heavy atom. The largest absolute Gasteiger partial charge is 0.458 e. The Bertz CT molecular complexity index is 1330. The summed E-state index contributed by atoms with van der Waals surface area (Å²) in [5, 5.41) is 5.41. The van der Waals surface area contributed by atoms with Crippen LogP contribution in [0.2, 0.25) is 0 Å². The number of esters is 1. The highest BCUT2D eigenvalue weighted by Gasteiger charge is 2.31. The molecular formula is C34H46N4O8. The second kappa shape index (κ2) is 16.6. The number of hydrogen-bond donors (Lipinski definition) is 2. The average Bonchev–Trinajstić information content (AvgIpc) is 2.99. The molecule has 3 rings (SSSR count). The molecule has 1 aliphatic heterocycles. The van der Waals surface area contributed by atoms with Gasteiger partial charge in [0.25, 0.3) is 0 Å². The fourth-order valence-corrected chi connectivity index (χ4v) is 4.75. The van der Waals surface area contributed by atoms with E-state index in [9.17, 15) is 24.0 Å². The zero-order chi connectivity index (χ0) is 33.9. The number of carbonyl (C=O) groups is 5. The summed E-state index contributed by atoms with van der Waals surface area (Å²) in [6.45, 7) is 12.2. The lowest BCUT2D eigenvalue weighted by Gasteiger charge is -2.33. The van der Waals surface area contributed by atoms with Gasteiger partial charge in [0, 0.05) is 39.5 Å². The molecule has 2 atom stereocenters. The smallest absolute Gasteiger partial charge is 0.415 e. The molecule has 0 radical (unpaired) electrons. The molecule has 46 heavy (non-hydrogen) atoms. The van der Waals surface area contributed by atoms with E-state index in [4.69, 9.17) is 14.2 Å². The number of carbonyl (C=O) groups excluding carboxylic acids is 5. The Morgan fingerprint density at radius 2 is 1.41 bits per heavy atom. The maximum atomic E-state index is 13.5. The van der Waals surface area contributed by atoms with Gasteiger partial charge in [0.05, 0.1) is 0 Å². The summed E-state index contributed by atoms with van der Waals surface area (Å²) in [5.74, 6) is -0.834. The number of ether oxygens (including phenoxy) is 3. The van der Waals surface area contributed by atoms with Crippen LogP contribution in [0, 0.1) is 5.92 Å². The summed E-state index contributed by atoms with van der Waals surface area (Å²) in [4.78, 5) is 66.7. The van der Waals surface area contributed by atoms with Gasteiger partial charge in [-0.15, -0.1) is 0 Å². The second-order valence-electron chi connectivity index (χ2n) is 12.7. The maximum absolute atomic E-state index is 13.5. The summed E-state index contributed by atoms with van der Waals surface area (Å²) in [5.41, 5.74) is 0.688. The van der Waals surface area contributed by atoms with E-state index in [2.05, 4.69) is 10.6 Å². The molecule has 0 bridgehead atoms. The normalized spacial score (nSPS) is 14.6. The van der Waals surface area contributed by atoms with E-state index >= 15 is 0 Å². The van der Waals surface area contributed by atoms with Crippen LogP contribution in [0.4, 0.5) is 9.59 Å². The van der Waals surface area contributed by atoms with Crippen LogP contribution in [0.5, 0.6) is 5.75 Å². The Kier molecular flexibility index (Phi) is 13.0. The van der Waals surface area contributed by atoms with Crippen molar-refractivity contribution in [1.29, 1.82) is 0 Å². The minimum absolute atomic E-state index is 0.0301. The quantitative estimate of drug-likeness (QED) is 0.351. The van der Waals surface area contributed by atoms with Crippen molar-refractivity contribution in [3.63, 3.8) is 0 Å². The minimum atomic E-state index is -1.06. The molecule has 250 valence electrons. The highest BCUT2D eigenvalue weighted by Crippen LogP contribution is 2.18. The first-order valence-corrected chi connectivity index (χ1v) is 15.5. The van der Waals surface area contributed by atoms with E-state index < -0.39 is 41.7 Å². The van der Waals surface area contributed by atoms with Gasteiger partial charge < -0.3 is 34.6 Å². The van der Waals surface area contributed by atoms with Crippen molar-refractivity contribution in [1.82, 2.24) is 20.4 Å². The van der Waals surface area contributed by atoms with E-state index in [1.54, 1.807) is 54.8 Å². The highest BCUT2D eigenvalue weighted by molar-refractivity contribution is 5.90. The van der Waals surface area contributed by atoms with Gasteiger partial charge in [-0.05, 0) is 56.4 Å². The van der Waals surface area contributed by atoms with Crippen molar-refractivity contribution in [2.24, 2.45) is 5.92 Å². The summed E-state index contributed by atoms with van der Waals surface area (Å²) in [6.07, 6.45) is -0.850. The predicted octanol–water partition coefficient (Wildman–Crippen LogP) is 4.06. The third-order valence-corrected chi connectivity index (χ3v) is 7.09. The minimum Gasteiger partial charge on any atom is -0.458 e. The first-order chi connectivity index (χ1) is 21.7. The van der Waals surface area contributed by atoms with Crippen LogP contribution in [-0.2, 0) is 36.9 Å². The first kappa shape index (κ1) is 35.9. The second-order valence-corrected chi connectivity index (χ2v) is 12.7. The number of nitrogens with zero attached hydrogens (tertiary/aromatic N) is 2. The van der Waals surface area contributed by atoms with Crippen LogP contribution in [0.15, 0.2) is 54.6 Å². The molecule has 2 N–H and O–H groups in total. The molecule has 4 amide bonds. The van der Waals surface area contributed by atoms with Gasteiger partial charge in [-0.25, -0.2) is 14.4 Å². The summed E-state index contributed by atoms with van der Waals surface area (Å²) in [6, 6.07) is 13.8. The van der Waals surface area contributed by atoms with Gasteiger partial charge in [0.2, 0.25) is 11.8 Å². The van der Waals surface area contributed by atoms with Gasteiger partial charge in [-0.1, -0.05) is 56.3 Å². The molecule has 12 nitrogen and oxygen atoms in total. The van der Waals surface area contributed by atoms with Crippen molar-refractivity contribution in [3.8, 4) is 5.75 Å². The summed E-state index contributed by atoms with van der Waals surface area (Å²) >= 11 is 0. The van der Waals surface area contributed by atoms with E-state index in [0.29, 0.717) is 43.9 Å². The molecule has 0 unspecified atom stereocenters. The molecule has 0 aromatic heterocycles. The van der Waals surface area contributed by atoms with Crippen LogP contribution in [0.3, 0.4) is 0 Å². The Balaban J connectivity index is 1.65. The molecular weight excluding hydrogens is 592 g/mol. The Morgan fingerprint density at radius 3 is 1.98 bits per heavy atom. The SMILES string of the molecule is CC(=O)N1CCN(C(=O)Oc2ccc(C[C@H](NC(=O)[C@H](CC(C)C)NC(=O)OCc3ccccc3)C(=O)OC(C)(C)C)cc2)CC1. The maximum Gasteiger partial charge on any atom is 0.415 e. The monoisotopic (exact) mass is 638 g/mol. The molecule has 0 aliphatic carbocycles. The van der Waals surface area contributed by atoms with E-state index in [1.165, 1.54) is 6.92 Å². The van der Waals surface area contributed by atoms with Crippen molar-refractivity contribution < 1.29 is 38.2 Å². The van der Waals surface area contributed by atoms with Crippen molar-refractivity contribution in [2.75, 3.05) is 26.2 Å². The number of nitrogens with one attached hydrogen (secondary N) is 2. The van der Waals surface area contributed by atoms with Gasteiger partial charge in [-0.3, -0.25) is 9.59 Å².